The van der Waals surface area contributed by atoms with E-state index < -0.39 is 0 Å². The molecule has 0 aromatic rings. The number of rotatable bonds is 6. The zero-order chi connectivity index (χ0) is 13.5. The van der Waals surface area contributed by atoms with Crippen LogP contribution >= 0.6 is 0 Å². The van der Waals surface area contributed by atoms with Crippen molar-refractivity contribution in [2.24, 2.45) is 11.8 Å². The molecule has 1 N–H and O–H groups in total. The van der Waals surface area contributed by atoms with E-state index in [2.05, 4.69) is 39.8 Å². The lowest BCUT2D eigenvalue weighted by Crippen LogP contribution is -2.05. The second-order valence-corrected chi connectivity index (χ2v) is 6.40. The van der Waals surface area contributed by atoms with E-state index in [4.69, 9.17) is 0 Å². The third kappa shape index (κ3) is 5.39. The van der Waals surface area contributed by atoms with E-state index in [1.165, 1.54) is 24.0 Å². The molecule has 0 heterocycles. The first-order chi connectivity index (χ1) is 8.50. The first-order valence-corrected chi connectivity index (χ1v) is 7.56. The fourth-order valence-corrected chi connectivity index (χ4v) is 2.43. The molecule has 1 nitrogen and oxygen atoms in total. The molecule has 0 aromatic heterocycles. The van der Waals surface area contributed by atoms with Gasteiger partial charge in [0, 0.05) is 0 Å². The summed E-state index contributed by atoms with van der Waals surface area (Å²) in [5.41, 5.74) is 2.51. The van der Waals surface area contributed by atoms with Crippen molar-refractivity contribution < 1.29 is 5.11 Å². The zero-order valence-corrected chi connectivity index (χ0v) is 12.6. The molecule has 0 atom stereocenters. The minimum atomic E-state index is -0.274. The van der Waals surface area contributed by atoms with Crippen molar-refractivity contribution in [3.63, 3.8) is 0 Å². The summed E-state index contributed by atoms with van der Waals surface area (Å²) < 4.78 is 0. The monoisotopic (exact) mass is 250 g/mol. The highest BCUT2D eigenvalue weighted by Gasteiger charge is 2.22. The van der Waals surface area contributed by atoms with Crippen molar-refractivity contribution in [1.82, 2.24) is 0 Å². The standard InChI is InChI=1S/C17H30O/c1-13(2)7-5-9-15-11-12-16(17(15)18)10-6-8-14(3)4/h9-10,13-14,17-18H,5-8,11-12H2,1-4H3. The lowest BCUT2D eigenvalue weighted by atomic mass is 10.0. The van der Waals surface area contributed by atoms with Gasteiger partial charge < -0.3 is 5.11 Å². The third-order valence-electron chi connectivity index (χ3n) is 3.71. The maximum absolute atomic E-state index is 10.2. The highest BCUT2D eigenvalue weighted by atomic mass is 16.3. The van der Waals surface area contributed by atoms with E-state index in [1.54, 1.807) is 0 Å². The van der Waals surface area contributed by atoms with Crippen molar-refractivity contribution in [3.8, 4) is 0 Å². The van der Waals surface area contributed by atoms with Crippen LogP contribution in [0.15, 0.2) is 23.3 Å². The fourth-order valence-electron chi connectivity index (χ4n) is 2.43. The number of hydrogen-bond donors (Lipinski definition) is 1. The fraction of sp³-hybridized carbons (Fsp3) is 0.765. The summed E-state index contributed by atoms with van der Waals surface area (Å²) in [5.74, 6) is 1.50. The molecule has 0 unspecified atom stereocenters. The Balaban J connectivity index is 2.43. The highest BCUT2D eigenvalue weighted by molar-refractivity contribution is 5.30. The summed E-state index contributed by atoms with van der Waals surface area (Å²) in [4.78, 5) is 0. The molecule has 1 rings (SSSR count). The molecule has 104 valence electrons. The maximum Gasteiger partial charge on any atom is 0.0961 e. The zero-order valence-electron chi connectivity index (χ0n) is 12.6. The van der Waals surface area contributed by atoms with E-state index in [0.717, 1.165) is 37.5 Å². The van der Waals surface area contributed by atoms with Gasteiger partial charge in [0.05, 0.1) is 6.10 Å². The average molecular weight is 250 g/mol. The predicted octanol–water partition coefficient (Wildman–Crippen LogP) is 4.87. The molecule has 1 fully saturated rings. The van der Waals surface area contributed by atoms with Crippen molar-refractivity contribution in [1.29, 1.82) is 0 Å². The molecule has 0 radical (unpaired) electrons. The van der Waals surface area contributed by atoms with Crippen LogP contribution in [0, 0.1) is 11.8 Å². The summed E-state index contributed by atoms with van der Waals surface area (Å²) in [7, 11) is 0. The second-order valence-electron chi connectivity index (χ2n) is 6.40. The van der Waals surface area contributed by atoms with Crippen LogP contribution in [0.4, 0.5) is 0 Å². The van der Waals surface area contributed by atoms with Gasteiger partial charge in [-0.3, -0.25) is 0 Å². The maximum atomic E-state index is 10.2. The topological polar surface area (TPSA) is 20.2 Å². The Hall–Kier alpha value is -0.560. The summed E-state index contributed by atoms with van der Waals surface area (Å²) >= 11 is 0. The number of allylic oxidation sites excluding steroid dienone is 2. The molecule has 0 aliphatic heterocycles. The van der Waals surface area contributed by atoms with Gasteiger partial charge in [0.2, 0.25) is 0 Å². The van der Waals surface area contributed by atoms with Crippen molar-refractivity contribution >= 4 is 0 Å². The van der Waals surface area contributed by atoms with Gasteiger partial charge in [-0.1, -0.05) is 39.8 Å². The van der Waals surface area contributed by atoms with Crippen molar-refractivity contribution in [3.05, 3.63) is 23.3 Å². The van der Waals surface area contributed by atoms with E-state index in [0.29, 0.717) is 0 Å². The van der Waals surface area contributed by atoms with Crippen LogP contribution in [-0.2, 0) is 0 Å². The van der Waals surface area contributed by atoms with Gasteiger partial charge in [-0.2, -0.15) is 0 Å². The Morgan fingerprint density at radius 2 is 1.33 bits per heavy atom. The molecular formula is C17H30O. The molecule has 0 spiro atoms. The number of hydrogen-bond acceptors (Lipinski definition) is 1. The van der Waals surface area contributed by atoms with Gasteiger partial charge in [0.1, 0.15) is 0 Å². The normalized spacial score (nSPS) is 24.9. The van der Waals surface area contributed by atoms with Crippen LogP contribution in [-0.4, -0.2) is 11.2 Å². The Morgan fingerprint density at radius 1 is 0.944 bits per heavy atom. The minimum absolute atomic E-state index is 0.274. The highest BCUT2D eigenvalue weighted by Crippen LogP contribution is 2.31. The molecule has 1 aliphatic rings. The van der Waals surface area contributed by atoms with Crippen molar-refractivity contribution in [2.45, 2.75) is 72.3 Å². The molecule has 1 heteroatoms. The average Bonchev–Trinajstić information content (AvgIpc) is 2.60. The van der Waals surface area contributed by atoms with E-state index in [1.807, 2.05) is 0 Å². The van der Waals surface area contributed by atoms with E-state index in [-0.39, 0.29) is 6.10 Å². The van der Waals surface area contributed by atoms with Gasteiger partial charge in [0.25, 0.3) is 0 Å². The lowest BCUT2D eigenvalue weighted by Gasteiger charge is -2.08. The first-order valence-electron chi connectivity index (χ1n) is 7.56. The van der Waals surface area contributed by atoms with Crippen LogP contribution in [0.25, 0.3) is 0 Å². The number of aliphatic hydroxyl groups excluding tert-OH is 1. The smallest absolute Gasteiger partial charge is 0.0961 e. The largest absolute Gasteiger partial charge is 0.384 e. The quantitative estimate of drug-likeness (QED) is 0.667. The lowest BCUT2D eigenvalue weighted by molar-refractivity contribution is 0.254. The third-order valence-corrected chi connectivity index (χ3v) is 3.71. The molecule has 1 saturated carbocycles. The van der Waals surface area contributed by atoms with Crippen LogP contribution in [0.3, 0.4) is 0 Å². The predicted molar refractivity (Wildman–Crippen MR) is 79.6 cm³/mol. The SMILES string of the molecule is CC(C)CCC=C1CCC(=CCCC(C)C)C1O. The Labute approximate surface area is 113 Å². The Bertz CT molecular complexity index is 267. The second kappa shape index (κ2) is 7.78. The molecule has 0 saturated heterocycles. The molecule has 0 aromatic carbocycles. The van der Waals surface area contributed by atoms with Gasteiger partial charge in [-0.15, -0.1) is 0 Å². The Morgan fingerprint density at radius 3 is 1.67 bits per heavy atom. The summed E-state index contributed by atoms with van der Waals surface area (Å²) in [6.45, 7) is 9.00. The van der Waals surface area contributed by atoms with Gasteiger partial charge in [-0.05, 0) is 61.5 Å². The van der Waals surface area contributed by atoms with Gasteiger partial charge in [0.15, 0.2) is 0 Å². The van der Waals surface area contributed by atoms with Crippen LogP contribution in [0.2, 0.25) is 0 Å². The molecule has 0 amide bonds. The van der Waals surface area contributed by atoms with Crippen LogP contribution in [0.5, 0.6) is 0 Å². The number of aliphatic hydroxyl groups is 1. The minimum Gasteiger partial charge on any atom is -0.384 e. The molecule has 0 bridgehead atoms. The van der Waals surface area contributed by atoms with Gasteiger partial charge >= 0.3 is 0 Å². The Kier molecular flexibility index (Phi) is 6.70. The van der Waals surface area contributed by atoms with Gasteiger partial charge in [-0.25, -0.2) is 0 Å². The van der Waals surface area contributed by atoms with E-state index in [9.17, 15) is 5.11 Å². The molecule has 1 aliphatic carbocycles. The molecular weight excluding hydrogens is 220 g/mol. The van der Waals surface area contributed by atoms with E-state index >= 15 is 0 Å². The molecule has 18 heavy (non-hydrogen) atoms. The van der Waals surface area contributed by atoms with Crippen molar-refractivity contribution in [2.75, 3.05) is 0 Å². The van der Waals surface area contributed by atoms with Crippen LogP contribution in [0.1, 0.15) is 66.2 Å². The summed E-state index contributed by atoms with van der Waals surface area (Å²) in [6, 6.07) is 0. The summed E-state index contributed by atoms with van der Waals surface area (Å²) in [6.07, 6.45) is 11.1. The first kappa shape index (κ1) is 15.5. The summed E-state index contributed by atoms with van der Waals surface area (Å²) in [5, 5.41) is 10.2. The van der Waals surface area contributed by atoms with Crippen LogP contribution < -0.4 is 0 Å².